The molecule has 0 saturated carbocycles. The molecule has 0 bridgehead atoms. The van der Waals surface area contributed by atoms with Crippen molar-refractivity contribution in [3.8, 4) is 0 Å². The summed E-state index contributed by atoms with van der Waals surface area (Å²) in [6, 6.07) is 7.80. The predicted molar refractivity (Wildman–Crippen MR) is 58.7 cm³/mol. The lowest BCUT2D eigenvalue weighted by Gasteiger charge is -2.01. The van der Waals surface area contributed by atoms with E-state index in [0.717, 1.165) is 4.90 Å². The Labute approximate surface area is 92.8 Å². The molecule has 0 aliphatic carbocycles. The number of thioether (sulfide) groups is 1. The molecule has 0 heterocycles. The Morgan fingerprint density at radius 2 is 1.87 bits per heavy atom. The summed E-state index contributed by atoms with van der Waals surface area (Å²) in [5, 5.41) is 0. The first-order chi connectivity index (χ1) is 7.08. The molecule has 1 rings (SSSR count). The lowest BCUT2D eigenvalue weighted by Crippen LogP contribution is -2.10. The zero-order valence-corrected chi connectivity index (χ0v) is 9.47. The van der Waals surface area contributed by atoms with E-state index in [1.807, 2.05) is 31.2 Å². The molecule has 0 radical (unpaired) electrons. The fourth-order valence-corrected chi connectivity index (χ4v) is 1.64. The third-order valence-electron chi connectivity index (χ3n) is 1.64. The van der Waals surface area contributed by atoms with Gasteiger partial charge in [-0.3, -0.25) is 9.59 Å². The van der Waals surface area contributed by atoms with Gasteiger partial charge in [0.15, 0.2) is 0 Å². The maximum Gasteiger partial charge on any atom is 0.323 e. The van der Waals surface area contributed by atoms with Crippen LogP contribution in [0.1, 0.15) is 12.5 Å². The van der Waals surface area contributed by atoms with E-state index in [9.17, 15) is 9.59 Å². The Morgan fingerprint density at radius 1 is 1.27 bits per heavy atom. The zero-order valence-electron chi connectivity index (χ0n) is 8.65. The van der Waals surface area contributed by atoms with Gasteiger partial charge in [-0.05, 0) is 19.1 Å². The summed E-state index contributed by atoms with van der Waals surface area (Å²) in [6.45, 7) is 3.22. The smallest absolute Gasteiger partial charge is 0.323 e. The Balaban J connectivity index is 2.40. The van der Waals surface area contributed by atoms with Gasteiger partial charge in [0, 0.05) is 11.8 Å². The molecular weight excluding hydrogens is 212 g/mol. The van der Waals surface area contributed by atoms with Crippen LogP contribution in [0.15, 0.2) is 29.2 Å². The standard InChI is InChI=1S/C11H12O3S/c1-8-3-5-10(6-4-8)15-7-11(13)14-9(2)12/h3-6H,7H2,1-2H3. The van der Waals surface area contributed by atoms with E-state index in [2.05, 4.69) is 4.74 Å². The maximum atomic E-state index is 11.0. The molecule has 80 valence electrons. The number of rotatable bonds is 3. The molecule has 1 aromatic rings. The van der Waals surface area contributed by atoms with Gasteiger partial charge in [-0.1, -0.05) is 17.7 Å². The summed E-state index contributed by atoms with van der Waals surface area (Å²) in [6.07, 6.45) is 0. The number of benzene rings is 1. The Morgan fingerprint density at radius 3 is 2.40 bits per heavy atom. The number of aryl methyl sites for hydroxylation is 1. The van der Waals surface area contributed by atoms with Crippen molar-refractivity contribution in [2.24, 2.45) is 0 Å². The van der Waals surface area contributed by atoms with E-state index >= 15 is 0 Å². The largest absolute Gasteiger partial charge is 0.393 e. The topological polar surface area (TPSA) is 43.4 Å². The number of carbonyl (C=O) groups is 2. The van der Waals surface area contributed by atoms with Gasteiger partial charge in [-0.25, -0.2) is 0 Å². The van der Waals surface area contributed by atoms with Crippen molar-refractivity contribution in [2.45, 2.75) is 18.7 Å². The van der Waals surface area contributed by atoms with Crippen LogP contribution >= 0.6 is 11.8 Å². The van der Waals surface area contributed by atoms with Gasteiger partial charge in [0.1, 0.15) is 0 Å². The van der Waals surface area contributed by atoms with E-state index in [-0.39, 0.29) is 5.75 Å². The molecule has 3 nitrogen and oxygen atoms in total. The van der Waals surface area contributed by atoms with Crippen molar-refractivity contribution in [1.82, 2.24) is 0 Å². The van der Waals surface area contributed by atoms with Crippen LogP contribution in [-0.4, -0.2) is 17.7 Å². The van der Waals surface area contributed by atoms with Crippen LogP contribution in [0, 0.1) is 6.92 Å². The van der Waals surface area contributed by atoms with E-state index in [0.29, 0.717) is 0 Å². The quantitative estimate of drug-likeness (QED) is 0.448. The second-order valence-corrected chi connectivity index (χ2v) is 4.12. The van der Waals surface area contributed by atoms with Crippen LogP contribution in [0.2, 0.25) is 0 Å². The van der Waals surface area contributed by atoms with E-state index in [4.69, 9.17) is 0 Å². The summed E-state index contributed by atoms with van der Waals surface area (Å²) in [4.78, 5) is 22.5. The molecule has 0 amide bonds. The fourth-order valence-electron chi connectivity index (χ4n) is 0.967. The fraction of sp³-hybridized carbons (Fsp3) is 0.273. The summed E-state index contributed by atoms with van der Waals surface area (Å²) in [5.41, 5.74) is 1.17. The van der Waals surface area contributed by atoms with Crippen LogP contribution in [0.5, 0.6) is 0 Å². The van der Waals surface area contributed by atoms with Crippen LogP contribution in [0.4, 0.5) is 0 Å². The highest BCUT2D eigenvalue weighted by molar-refractivity contribution is 8.00. The van der Waals surface area contributed by atoms with Gasteiger partial charge in [0.05, 0.1) is 5.75 Å². The summed E-state index contributed by atoms with van der Waals surface area (Å²) < 4.78 is 4.40. The summed E-state index contributed by atoms with van der Waals surface area (Å²) in [7, 11) is 0. The molecule has 0 saturated heterocycles. The molecule has 0 unspecified atom stereocenters. The Hall–Kier alpha value is -1.29. The Kier molecular flexibility index (Phi) is 4.37. The van der Waals surface area contributed by atoms with Crippen molar-refractivity contribution in [3.05, 3.63) is 29.8 Å². The molecule has 0 spiro atoms. The molecule has 0 aromatic heterocycles. The third kappa shape index (κ3) is 4.65. The van der Waals surface area contributed by atoms with Crippen molar-refractivity contribution < 1.29 is 14.3 Å². The van der Waals surface area contributed by atoms with Crippen molar-refractivity contribution in [1.29, 1.82) is 0 Å². The van der Waals surface area contributed by atoms with Gasteiger partial charge < -0.3 is 4.74 Å². The minimum atomic E-state index is -0.565. The van der Waals surface area contributed by atoms with Crippen LogP contribution in [-0.2, 0) is 14.3 Å². The number of hydrogen-bond donors (Lipinski definition) is 0. The molecule has 0 fully saturated rings. The first-order valence-corrected chi connectivity index (χ1v) is 5.47. The van der Waals surface area contributed by atoms with Gasteiger partial charge >= 0.3 is 11.9 Å². The van der Waals surface area contributed by atoms with Gasteiger partial charge in [0.2, 0.25) is 0 Å². The average molecular weight is 224 g/mol. The molecule has 1 aromatic carbocycles. The van der Waals surface area contributed by atoms with Gasteiger partial charge in [-0.15, -0.1) is 11.8 Å². The minimum Gasteiger partial charge on any atom is -0.393 e. The SMILES string of the molecule is CC(=O)OC(=O)CSc1ccc(C)cc1. The van der Waals surface area contributed by atoms with Crippen LogP contribution < -0.4 is 0 Å². The van der Waals surface area contributed by atoms with Crippen molar-refractivity contribution in [2.75, 3.05) is 5.75 Å². The average Bonchev–Trinajstić information content (AvgIpc) is 2.16. The van der Waals surface area contributed by atoms with Gasteiger partial charge in [0.25, 0.3) is 0 Å². The number of hydrogen-bond acceptors (Lipinski definition) is 4. The third-order valence-corrected chi connectivity index (χ3v) is 2.62. The second-order valence-electron chi connectivity index (χ2n) is 3.07. The van der Waals surface area contributed by atoms with Crippen LogP contribution in [0.25, 0.3) is 0 Å². The van der Waals surface area contributed by atoms with E-state index in [1.165, 1.54) is 24.2 Å². The van der Waals surface area contributed by atoms with E-state index < -0.39 is 11.9 Å². The normalized spacial score (nSPS) is 9.73. The minimum absolute atomic E-state index is 0.155. The molecule has 0 aliphatic rings. The molecule has 4 heteroatoms. The monoisotopic (exact) mass is 224 g/mol. The number of ether oxygens (including phenoxy) is 1. The highest BCUT2D eigenvalue weighted by Gasteiger charge is 2.06. The lowest BCUT2D eigenvalue weighted by atomic mass is 10.2. The van der Waals surface area contributed by atoms with Crippen molar-refractivity contribution >= 4 is 23.7 Å². The first-order valence-electron chi connectivity index (χ1n) is 4.48. The van der Waals surface area contributed by atoms with E-state index in [1.54, 1.807) is 0 Å². The lowest BCUT2D eigenvalue weighted by molar-refractivity contribution is -0.155. The first kappa shape index (κ1) is 11.8. The number of esters is 2. The maximum absolute atomic E-state index is 11.0. The van der Waals surface area contributed by atoms with Gasteiger partial charge in [-0.2, -0.15) is 0 Å². The predicted octanol–water partition coefficient (Wildman–Crippen LogP) is 2.18. The summed E-state index contributed by atoms with van der Waals surface area (Å²) >= 11 is 1.35. The molecule has 15 heavy (non-hydrogen) atoms. The molecule has 0 atom stereocenters. The Bertz CT molecular complexity index is 357. The molecule has 0 aliphatic heterocycles. The molecule has 0 N–H and O–H groups in total. The highest BCUT2D eigenvalue weighted by Crippen LogP contribution is 2.18. The highest BCUT2D eigenvalue weighted by atomic mass is 32.2. The number of carbonyl (C=O) groups excluding carboxylic acids is 2. The second kappa shape index (κ2) is 5.56. The zero-order chi connectivity index (χ0) is 11.3. The van der Waals surface area contributed by atoms with Crippen LogP contribution in [0.3, 0.4) is 0 Å². The summed E-state index contributed by atoms with van der Waals surface area (Å²) in [5.74, 6) is -0.916. The van der Waals surface area contributed by atoms with Crippen molar-refractivity contribution in [3.63, 3.8) is 0 Å². The molecular formula is C11H12O3S.